The van der Waals surface area contributed by atoms with Crippen molar-refractivity contribution in [3.8, 4) is 0 Å². The molecule has 2 aliphatic rings. The fourth-order valence-electron chi connectivity index (χ4n) is 3.61. The number of hydrogen-bond acceptors (Lipinski definition) is 4. The Morgan fingerprint density at radius 3 is 3.00 bits per heavy atom. The highest BCUT2D eigenvalue weighted by atomic mass is 35.5. The molecule has 1 aromatic heterocycles. The van der Waals surface area contributed by atoms with Gasteiger partial charge in [-0.15, -0.1) is 11.8 Å². The third kappa shape index (κ3) is 3.00. The lowest BCUT2D eigenvalue weighted by Gasteiger charge is -2.22. The maximum atomic E-state index is 12.6. The molecule has 2 heterocycles. The minimum absolute atomic E-state index is 0.127. The molecule has 4 rings (SSSR count). The SMILES string of the molecule is CC1=N[C@@H]2c3c(oc(C(=O)NCc4ccccc4Cl)c3C)CC[C@@H]2S1. The van der Waals surface area contributed by atoms with Crippen LogP contribution in [0.3, 0.4) is 0 Å². The summed E-state index contributed by atoms with van der Waals surface area (Å²) in [6, 6.07) is 7.63. The molecule has 1 aliphatic heterocycles. The number of aliphatic imine (C=N–C) groups is 1. The molecule has 0 radical (unpaired) electrons. The number of benzene rings is 1. The standard InChI is InChI=1S/C19H19ClN2O2S/c1-10-16-14(7-8-15-17(16)22-11(2)25-15)24-18(10)19(23)21-9-12-5-3-4-6-13(12)20/h3-6,15,17H,7-9H2,1-2H3,(H,21,23)/t15-,17-/m0/s1. The maximum absolute atomic E-state index is 12.6. The van der Waals surface area contributed by atoms with E-state index < -0.39 is 0 Å². The summed E-state index contributed by atoms with van der Waals surface area (Å²) < 4.78 is 5.94. The number of aryl methyl sites for hydroxylation is 1. The first-order valence-corrected chi connectivity index (χ1v) is 9.65. The first-order valence-electron chi connectivity index (χ1n) is 8.39. The lowest BCUT2D eigenvalue weighted by molar-refractivity contribution is 0.0920. The number of carbonyl (C=O) groups is 1. The van der Waals surface area contributed by atoms with Crippen LogP contribution in [0.2, 0.25) is 5.02 Å². The fraction of sp³-hybridized carbons (Fsp3) is 0.368. The molecule has 2 aromatic rings. The predicted octanol–water partition coefficient (Wildman–Crippen LogP) is 4.69. The van der Waals surface area contributed by atoms with E-state index in [4.69, 9.17) is 21.0 Å². The van der Waals surface area contributed by atoms with Crippen molar-refractivity contribution in [1.29, 1.82) is 0 Å². The number of hydrogen-bond donors (Lipinski definition) is 1. The van der Waals surface area contributed by atoms with Gasteiger partial charge in [-0.05, 0) is 31.9 Å². The molecule has 0 unspecified atom stereocenters. The number of rotatable bonds is 3. The predicted molar refractivity (Wildman–Crippen MR) is 102 cm³/mol. The van der Waals surface area contributed by atoms with Crippen LogP contribution in [0.1, 0.15) is 52.4 Å². The summed E-state index contributed by atoms with van der Waals surface area (Å²) in [5.41, 5.74) is 2.92. The molecule has 25 heavy (non-hydrogen) atoms. The Labute approximate surface area is 156 Å². The van der Waals surface area contributed by atoms with Crippen molar-refractivity contribution in [3.63, 3.8) is 0 Å². The van der Waals surface area contributed by atoms with E-state index in [0.717, 1.165) is 40.3 Å². The number of fused-ring (bicyclic) bond motifs is 3. The molecule has 0 saturated heterocycles. The van der Waals surface area contributed by atoms with Crippen LogP contribution in [-0.4, -0.2) is 16.2 Å². The normalized spacial score (nSPS) is 21.5. The Kier molecular flexibility index (Phi) is 4.38. The van der Waals surface area contributed by atoms with Crippen LogP contribution >= 0.6 is 23.4 Å². The van der Waals surface area contributed by atoms with Gasteiger partial charge in [-0.2, -0.15) is 0 Å². The van der Waals surface area contributed by atoms with Crippen molar-refractivity contribution in [2.45, 2.75) is 44.5 Å². The summed E-state index contributed by atoms with van der Waals surface area (Å²) in [5, 5.41) is 5.16. The monoisotopic (exact) mass is 374 g/mol. The molecule has 1 aliphatic carbocycles. The zero-order chi connectivity index (χ0) is 17.6. The molecule has 1 aromatic carbocycles. The van der Waals surface area contributed by atoms with Gasteiger partial charge in [0.1, 0.15) is 5.76 Å². The van der Waals surface area contributed by atoms with Crippen molar-refractivity contribution < 1.29 is 9.21 Å². The summed E-state index contributed by atoms with van der Waals surface area (Å²) >= 11 is 7.99. The molecular weight excluding hydrogens is 356 g/mol. The molecule has 1 N–H and O–H groups in total. The topological polar surface area (TPSA) is 54.6 Å². The molecule has 2 atom stereocenters. The lowest BCUT2D eigenvalue weighted by Crippen LogP contribution is -2.23. The third-order valence-corrected chi connectivity index (χ3v) is 6.43. The van der Waals surface area contributed by atoms with E-state index in [1.165, 1.54) is 0 Å². The van der Waals surface area contributed by atoms with Gasteiger partial charge in [-0.25, -0.2) is 0 Å². The number of carbonyl (C=O) groups excluding carboxylic acids is 1. The van der Waals surface area contributed by atoms with Crippen LogP contribution < -0.4 is 5.32 Å². The molecule has 130 valence electrons. The summed E-state index contributed by atoms with van der Waals surface area (Å²) in [7, 11) is 0. The smallest absolute Gasteiger partial charge is 0.287 e. The van der Waals surface area contributed by atoms with Gasteiger partial charge in [-0.1, -0.05) is 29.8 Å². The van der Waals surface area contributed by atoms with E-state index in [9.17, 15) is 4.79 Å². The number of amides is 1. The summed E-state index contributed by atoms with van der Waals surface area (Å²) in [6.07, 6.45) is 1.90. The average molecular weight is 375 g/mol. The van der Waals surface area contributed by atoms with Crippen molar-refractivity contribution in [2.75, 3.05) is 0 Å². The van der Waals surface area contributed by atoms with E-state index in [2.05, 4.69) is 12.2 Å². The molecule has 0 saturated carbocycles. The first kappa shape index (κ1) is 16.7. The van der Waals surface area contributed by atoms with Gasteiger partial charge in [0.15, 0.2) is 5.76 Å². The second-order valence-electron chi connectivity index (χ2n) is 6.46. The quantitative estimate of drug-likeness (QED) is 0.847. The van der Waals surface area contributed by atoms with Gasteiger partial charge < -0.3 is 9.73 Å². The van der Waals surface area contributed by atoms with Gasteiger partial charge in [0.05, 0.1) is 11.1 Å². The number of halogens is 1. The van der Waals surface area contributed by atoms with Crippen molar-refractivity contribution in [2.24, 2.45) is 4.99 Å². The zero-order valence-corrected chi connectivity index (χ0v) is 15.7. The van der Waals surface area contributed by atoms with Gasteiger partial charge in [0.25, 0.3) is 5.91 Å². The highest BCUT2D eigenvalue weighted by Crippen LogP contribution is 2.47. The van der Waals surface area contributed by atoms with Crippen LogP contribution in [0.15, 0.2) is 33.7 Å². The van der Waals surface area contributed by atoms with E-state index >= 15 is 0 Å². The number of furan rings is 1. The second kappa shape index (κ2) is 6.54. The summed E-state index contributed by atoms with van der Waals surface area (Å²) in [5.74, 6) is 1.12. The van der Waals surface area contributed by atoms with Crippen molar-refractivity contribution in [3.05, 3.63) is 57.5 Å². The molecule has 1 amide bonds. The van der Waals surface area contributed by atoms with Crippen molar-refractivity contribution in [1.82, 2.24) is 5.32 Å². The van der Waals surface area contributed by atoms with Crippen LogP contribution in [-0.2, 0) is 13.0 Å². The van der Waals surface area contributed by atoms with E-state index in [-0.39, 0.29) is 11.9 Å². The first-order chi connectivity index (χ1) is 12.0. The second-order valence-corrected chi connectivity index (χ2v) is 8.29. The molecular formula is C19H19ClN2O2S. The third-order valence-electron chi connectivity index (χ3n) is 4.82. The minimum Gasteiger partial charge on any atom is -0.455 e. The van der Waals surface area contributed by atoms with Gasteiger partial charge in [0, 0.05) is 34.4 Å². The number of thioether (sulfide) groups is 1. The summed E-state index contributed by atoms with van der Waals surface area (Å²) in [6.45, 7) is 4.39. The van der Waals surface area contributed by atoms with E-state index in [0.29, 0.717) is 22.6 Å². The van der Waals surface area contributed by atoms with Crippen LogP contribution in [0, 0.1) is 6.92 Å². The summed E-state index contributed by atoms with van der Waals surface area (Å²) in [4.78, 5) is 17.4. The van der Waals surface area contributed by atoms with E-state index in [1.54, 1.807) is 0 Å². The molecule has 0 bridgehead atoms. The lowest BCUT2D eigenvalue weighted by atomic mass is 9.90. The highest BCUT2D eigenvalue weighted by Gasteiger charge is 2.39. The van der Waals surface area contributed by atoms with Gasteiger partial charge >= 0.3 is 0 Å². The fourth-order valence-corrected chi connectivity index (χ4v) is 4.98. The van der Waals surface area contributed by atoms with Crippen LogP contribution in [0.25, 0.3) is 0 Å². The Balaban J connectivity index is 1.57. The average Bonchev–Trinajstić information content (AvgIpc) is 3.13. The molecule has 4 nitrogen and oxygen atoms in total. The maximum Gasteiger partial charge on any atom is 0.287 e. The van der Waals surface area contributed by atoms with Crippen LogP contribution in [0.5, 0.6) is 0 Å². The molecule has 0 spiro atoms. The van der Waals surface area contributed by atoms with Gasteiger partial charge in [-0.3, -0.25) is 9.79 Å². The number of nitrogens with zero attached hydrogens (tertiary/aromatic N) is 1. The zero-order valence-electron chi connectivity index (χ0n) is 14.1. The Bertz CT molecular complexity index is 874. The Hall–Kier alpha value is -1.72. The minimum atomic E-state index is -0.199. The Morgan fingerprint density at radius 1 is 1.40 bits per heavy atom. The van der Waals surface area contributed by atoms with Crippen LogP contribution in [0.4, 0.5) is 0 Å². The van der Waals surface area contributed by atoms with Gasteiger partial charge in [0.2, 0.25) is 0 Å². The molecule has 0 fully saturated rings. The largest absolute Gasteiger partial charge is 0.455 e. The van der Waals surface area contributed by atoms with E-state index in [1.807, 2.05) is 43.0 Å². The number of nitrogens with one attached hydrogen (secondary N) is 1. The van der Waals surface area contributed by atoms with Crippen molar-refractivity contribution >= 4 is 34.3 Å². The highest BCUT2D eigenvalue weighted by molar-refractivity contribution is 8.14. The Morgan fingerprint density at radius 2 is 2.20 bits per heavy atom. The molecule has 6 heteroatoms.